The number of pyridine rings is 1. The van der Waals surface area contributed by atoms with Crippen molar-refractivity contribution in [3.63, 3.8) is 0 Å². The zero-order chi connectivity index (χ0) is 27.1. The van der Waals surface area contributed by atoms with Crippen LogP contribution in [0.3, 0.4) is 0 Å². The third-order valence-electron chi connectivity index (χ3n) is 7.03. The van der Waals surface area contributed by atoms with E-state index >= 15 is 0 Å². The number of unbranched alkanes of at least 4 members (excludes halogenated alkanes) is 1. The first-order valence-corrected chi connectivity index (χ1v) is 13.9. The number of carbonyl (C=O) groups excluding carboxylic acids is 1. The summed E-state index contributed by atoms with van der Waals surface area (Å²) in [6.07, 6.45) is 5.57. The number of esters is 1. The zero-order valence-electron chi connectivity index (χ0n) is 23.3. The van der Waals surface area contributed by atoms with Crippen LogP contribution in [0.25, 0.3) is 21.9 Å². The average Bonchev–Trinajstić information content (AvgIpc) is 3.27. The van der Waals surface area contributed by atoms with Gasteiger partial charge >= 0.3 is 5.97 Å². The summed E-state index contributed by atoms with van der Waals surface area (Å²) in [6.45, 7) is 10.6. The molecule has 0 saturated heterocycles. The molecule has 2 aromatic carbocycles. The number of aromatic nitrogens is 3. The number of aryl methyl sites for hydroxylation is 1. The van der Waals surface area contributed by atoms with Gasteiger partial charge < -0.3 is 15.0 Å². The highest BCUT2D eigenvalue weighted by Gasteiger charge is 2.18. The molecule has 0 aliphatic heterocycles. The maximum atomic E-state index is 11.8. The number of carbonyl (C=O) groups is 1. The van der Waals surface area contributed by atoms with Crippen molar-refractivity contribution in [1.82, 2.24) is 19.4 Å². The highest BCUT2D eigenvalue weighted by Crippen LogP contribution is 2.31. The SMILES string of the molecule is CCCCc1nc2c(N)nc3cc(CC(=O)OC)ccc3c2n1Cc1ccc(CN(CCC)CCC)cc1. The molecular formula is C31H41N5O2. The number of imidazole rings is 1. The molecule has 7 nitrogen and oxygen atoms in total. The van der Waals surface area contributed by atoms with Crippen LogP contribution in [-0.4, -0.2) is 45.6 Å². The molecule has 0 fully saturated rings. The summed E-state index contributed by atoms with van der Waals surface area (Å²) in [4.78, 5) is 24.0. The summed E-state index contributed by atoms with van der Waals surface area (Å²) in [5.41, 5.74) is 12.4. The Labute approximate surface area is 226 Å². The van der Waals surface area contributed by atoms with Crippen LogP contribution in [0, 0.1) is 0 Å². The lowest BCUT2D eigenvalue weighted by Gasteiger charge is -2.21. The van der Waals surface area contributed by atoms with Crippen molar-refractivity contribution in [2.75, 3.05) is 25.9 Å². The molecule has 0 atom stereocenters. The molecule has 0 aliphatic rings. The lowest BCUT2D eigenvalue weighted by atomic mass is 10.1. The van der Waals surface area contributed by atoms with Crippen LogP contribution >= 0.6 is 0 Å². The zero-order valence-corrected chi connectivity index (χ0v) is 23.3. The summed E-state index contributed by atoms with van der Waals surface area (Å²) in [5.74, 6) is 1.17. The van der Waals surface area contributed by atoms with E-state index in [1.165, 1.54) is 31.1 Å². The number of nitrogen functional groups attached to an aromatic ring is 1. The topological polar surface area (TPSA) is 86.3 Å². The highest BCUT2D eigenvalue weighted by molar-refractivity contribution is 6.07. The Kier molecular flexibility index (Phi) is 9.34. The van der Waals surface area contributed by atoms with Gasteiger partial charge in [0.05, 0.1) is 24.6 Å². The van der Waals surface area contributed by atoms with Crippen LogP contribution in [0.4, 0.5) is 5.82 Å². The summed E-state index contributed by atoms with van der Waals surface area (Å²) in [7, 11) is 1.40. The number of fused-ring (bicyclic) bond motifs is 3. The lowest BCUT2D eigenvalue weighted by molar-refractivity contribution is -0.139. The van der Waals surface area contributed by atoms with E-state index in [4.69, 9.17) is 15.5 Å². The second-order valence-corrected chi connectivity index (χ2v) is 10.1. The van der Waals surface area contributed by atoms with Gasteiger partial charge in [-0.2, -0.15) is 0 Å². The van der Waals surface area contributed by atoms with E-state index in [9.17, 15) is 4.79 Å². The standard InChI is InChI=1S/C31H41N5O2/c1-5-8-9-27-34-29-30(25-15-14-24(19-28(37)38-4)18-26(25)33-31(29)32)36(27)21-23-12-10-22(11-13-23)20-35(16-6-2)17-7-3/h10-15,18H,5-9,16-17,19-21H2,1-4H3,(H2,32,33). The molecule has 0 aliphatic carbocycles. The van der Waals surface area contributed by atoms with E-state index < -0.39 is 0 Å². The second-order valence-electron chi connectivity index (χ2n) is 10.1. The molecule has 0 amide bonds. The van der Waals surface area contributed by atoms with Gasteiger partial charge in [0.25, 0.3) is 0 Å². The van der Waals surface area contributed by atoms with E-state index in [2.05, 4.69) is 59.5 Å². The third kappa shape index (κ3) is 6.33. The predicted molar refractivity (Wildman–Crippen MR) is 155 cm³/mol. The van der Waals surface area contributed by atoms with Gasteiger partial charge in [0.2, 0.25) is 0 Å². The van der Waals surface area contributed by atoms with Crippen molar-refractivity contribution < 1.29 is 9.53 Å². The number of rotatable bonds is 13. The van der Waals surface area contributed by atoms with Crippen LogP contribution in [-0.2, 0) is 35.5 Å². The van der Waals surface area contributed by atoms with Gasteiger partial charge in [0, 0.05) is 24.9 Å². The molecule has 202 valence electrons. The maximum absolute atomic E-state index is 11.8. The van der Waals surface area contributed by atoms with Crippen LogP contribution in [0.1, 0.15) is 69.0 Å². The van der Waals surface area contributed by atoms with Crippen molar-refractivity contribution >= 4 is 33.7 Å². The Hall–Kier alpha value is -3.45. The minimum atomic E-state index is -0.277. The molecule has 0 spiro atoms. The van der Waals surface area contributed by atoms with Crippen molar-refractivity contribution in [2.24, 2.45) is 0 Å². The predicted octanol–water partition coefficient (Wildman–Crippen LogP) is 5.90. The van der Waals surface area contributed by atoms with Crippen LogP contribution in [0.5, 0.6) is 0 Å². The first kappa shape index (κ1) is 27.6. The number of nitrogens with zero attached hydrogens (tertiary/aromatic N) is 4. The number of anilines is 1. The number of nitrogens with two attached hydrogens (primary N) is 1. The molecule has 0 radical (unpaired) electrons. The first-order valence-electron chi connectivity index (χ1n) is 13.9. The smallest absolute Gasteiger partial charge is 0.309 e. The molecule has 0 saturated carbocycles. The summed E-state index contributed by atoms with van der Waals surface area (Å²) >= 11 is 0. The highest BCUT2D eigenvalue weighted by atomic mass is 16.5. The fourth-order valence-electron chi connectivity index (χ4n) is 5.14. The van der Waals surface area contributed by atoms with Crippen LogP contribution < -0.4 is 5.73 Å². The molecule has 4 rings (SSSR count). The van der Waals surface area contributed by atoms with E-state index in [-0.39, 0.29) is 12.4 Å². The monoisotopic (exact) mass is 515 g/mol. The Morgan fingerprint density at radius 3 is 2.29 bits per heavy atom. The van der Waals surface area contributed by atoms with Gasteiger partial charge in [-0.15, -0.1) is 0 Å². The number of methoxy groups -OCH3 is 1. The molecule has 7 heteroatoms. The van der Waals surface area contributed by atoms with Crippen molar-refractivity contribution in [2.45, 2.75) is 72.4 Å². The molecule has 2 heterocycles. The lowest BCUT2D eigenvalue weighted by Crippen LogP contribution is -2.24. The maximum Gasteiger partial charge on any atom is 0.309 e. The first-order chi connectivity index (χ1) is 18.5. The molecule has 0 bridgehead atoms. The fourth-order valence-corrected chi connectivity index (χ4v) is 5.14. The third-order valence-corrected chi connectivity index (χ3v) is 7.03. The van der Waals surface area contributed by atoms with Gasteiger partial charge in [0.15, 0.2) is 5.82 Å². The Morgan fingerprint density at radius 2 is 1.63 bits per heavy atom. The van der Waals surface area contributed by atoms with Gasteiger partial charge in [-0.3, -0.25) is 9.69 Å². The minimum Gasteiger partial charge on any atom is -0.469 e. The molecule has 2 aromatic heterocycles. The van der Waals surface area contributed by atoms with Crippen molar-refractivity contribution in [3.05, 3.63) is 65.0 Å². The van der Waals surface area contributed by atoms with Gasteiger partial charge in [0.1, 0.15) is 11.3 Å². The number of ether oxygens (including phenoxy) is 1. The normalized spacial score (nSPS) is 11.6. The van der Waals surface area contributed by atoms with Gasteiger partial charge in [-0.1, -0.05) is 63.6 Å². The average molecular weight is 516 g/mol. The van der Waals surface area contributed by atoms with E-state index in [1.54, 1.807) is 0 Å². The summed E-state index contributed by atoms with van der Waals surface area (Å²) < 4.78 is 7.15. The van der Waals surface area contributed by atoms with Crippen LogP contribution in [0.15, 0.2) is 42.5 Å². The number of hydrogen-bond acceptors (Lipinski definition) is 6. The Morgan fingerprint density at radius 1 is 0.947 bits per heavy atom. The molecular weight excluding hydrogens is 474 g/mol. The number of benzene rings is 2. The Balaban J connectivity index is 1.71. The molecule has 38 heavy (non-hydrogen) atoms. The molecule has 0 unspecified atom stereocenters. The van der Waals surface area contributed by atoms with E-state index in [0.29, 0.717) is 12.4 Å². The largest absolute Gasteiger partial charge is 0.469 e. The van der Waals surface area contributed by atoms with Crippen molar-refractivity contribution in [1.29, 1.82) is 0 Å². The second kappa shape index (κ2) is 12.9. The van der Waals surface area contributed by atoms with E-state index in [0.717, 1.165) is 72.2 Å². The quantitative estimate of drug-likeness (QED) is 0.223. The van der Waals surface area contributed by atoms with Crippen molar-refractivity contribution in [3.8, 4) is 0 Å². The van der Waals surface area contributed by atoms with Crippen LogP contribution in [0.2, 0.25) is 0 Å². The summed E-state index contributed by atoms with van der Waals surface area (Å²) in [5, 5.41) is 0.990. The van der Waals surface area contributed by atoms with Gasteiger partial charge in [-0.05, 0) is 55.1 Å². The molecule has 4 aromatic rings. The van der Waals surface area contributed by atoms with Gasteiger partial charge in [-0.25, -0.2) is 9.97 Å². The summed E-state index contributed by atoms with van der Waals surface area (Å²) in [6, 6.07) is 14.9. The Bertz CT molecular complexity index is 1370. The van der Waals surface area contributed by atoms with E-state index in [1.807, 2.05) is 18.2 Å². The number of hydrogen-bond donors (Lipinski definition) is 1. The molecule has 2 N–H and O–H groups in total. The fraction of sp³-hybridized carbons (Fsp3) is 0.452. The minimum absolute atomic E-state index is 0.202.